The number of aromatic nitrogens is 2. The average molecular weight is 456 g/mol. The number of rotatable bonds is 9. The average Bonchev–Trinajstić information content (AvgIpc) is 2.88. The van der Waals surface area contributed by atoms with Gasteiger partial charge in [-0.05, 0) is 66.9 Å². The third kappa shape index (κ3) is 5.15. The standard InChI is InChI=1S/C27H25N3O4/c1-34-25-13-12-24(26(31)23(25)11-10-21-8-2-3-15-29-21)30(18-19-6-5-14-28-17-19)22-9-4-7-20(16-22)27(32)33/h2-9,12-17,31H,10-11,18H2,1H3,(H,32,33). The summed E-state index contributed by atoms with van der Waals surface area (Å²) < 4.78 is 5.54. The monoisotopic (exact) mass is 455 g/mol. The molecule has 0 bridgehead atoms. The van der Waals surface area contributed by atoms with Gasteiger partial charge in [0.1, 0.15) is 11.5 Å². The predicted molar refractivity (Wildman–Crippen MR) is 130 cm³/mol. The number of aryl methyl sites for hydroxylation is 1. The van der Waals surface area contributed by atoms with Crippen molar-refractivity contribution in [3.8, 4) is 11.5 Å². The Morgan fingerprint density at radius 3 is 2.59 bits per heavy atom. The van der Waals surface area contributed by atoms with Gasteiger partial charge in [0, 0.05) is 42.1 Å². The molecule has 2 aromatic heterocycles. The van der Waals surface area contributed by atoms with Gasteiger partial charge >= 0.3 is 5.97 Å². The quantitative estimate of drug-likeness (QED) is 0.366. The highest BCUT2D eigenvalue weighted by molar-refractivity contribution is 5.89. The number of hydrogen-bond donors (Lipinski definition) is 2. The molecule has 4 rings (SSSR count). The maximum atomic E-state index is 11.6. The first-order valence-electron chi connectivity index (χ1n) is 10.9. The summed E-state index contributed by atoms with van der Waals surface area (Å²) in [6.45, 7) is 0.385. The molecule has 0 aliphatic carbocycles. The van der Waals surface area contributed by atoms with Gasteiger partial charge in [0.15, 0.2) is 0 Å². The van der Waals surface area contributed by atoms with Gasteiger partial charge in [0.05, 0.1) is 18.4 Å². The van der Waals surface area contributed by atoms with Crippen LogP contribution in [-0.4, -0.2) is 33.3 Å². The van der Waals surface area contributed by atoms with E-state index in [1.807, 2.05) is 47.4 Å². The molecule has 0 atom stereocenters. The second-order valence-electron chi connectivity index (χ2n) is 7.74. The molecule has 2 N–H and O–H groups in total. The van der Waals surface area contributed by atoms with Crippen LogP contribution in [0.2, 0.25) is 0 Å². The van der Waals surface area contributed by atoms with E-state index in [4.69, 9.17) is 4.74 Å². The summed E-state index contributed by atoms with van der Waals surface area (Å²) in [4.78, 5) is 22.0. The van der Waals surface area contributed by atoms with E-state index >= 15 is 0 Å². The molecule has 0 saturated heterocycles. The number of carboxylic acid groups (broad SMARTS) is 1. The van der Waals surface area contributed by atoms with E-state index in [2.05, 4.69) is 9.97 Å². The van der Waals surface area contributed by atoms with Crippen molar-refractivity contribution in [1.82, 2.24) is 9.97 Å². The first kappa shape index (κ1) is 22.8. The Labute approximate surface area is 197 Å². The van der Waals surface area contributed by atoms with Crippen LogP contribution >= 0.6 is 0 Å². The molecule has 34 heavy (non-hydrogen) atoms. The van der Waals surface area contributed by atoms with Gasteiger partial charge in [-0.3, -0.25) is 9.97 Å². The third-order valence-electron chi connectivity index (χ3n) is 5.55. The molecule has 0 aliphatic rings. The number of carboxylic acids is 1. The van der Waals surface area contributed by atoms with E-state index in [0.717, 1.165) is 11.3 Å². The van der Waals surface area contributed by atoms with E-state index in [0.29, 0.717) is 42.1 Å². The molecular weight excluding hydrogens is 430 g/mol. The van der Waals surface area contributed by atoms with Crippen molar-refractivity contribution >= 4 is 17.3 Å². The Hall–Kier alpha value is -4.39. The van der Waals surface area contributed by atoms with Gasteiger partial charge in [0.25, 0.3) is 0 Å². The fourth-order valence-electron chi connectivity index (χ4n) is 3.85. The second-order valence-corrected chi connectivity index (χ2v) is 7.74. The summed E-state index contributed by atoms with van der Waals surface area (Å²) in [5, 5.41) is 20.9. The second kappa shape index (κ2) is 10.5. The van der Waals surface area contributed by atoms with Gasteiger partial charge < -0.3 is 19.8 Å². The number of methoxy groups -OCH3 is 1. The number of aromatic hydroxyl groups is 1. The molecule has 7 nitrogen and oxygen atoms in total. The smallest absolute Gasteiger partial charge is 0.335 e. The minimum Gasteiger partial charge on any atom is -0.505 e. The largest absolute Gasteiger partial charge is 0.505 e. The molecule has 0 spiro atoms. The zero-order valence-corrected chi connectivity index (χ0v) is 18.8. The molecule has 0 fully saturated rings. The topological polar surface area (TPSA) is 95.8 Å². The number of phenols is 1. The van der Waals surface area contributed by atoms with Crippen LogP contribution in [0.5, 0.6) is 11.5 Å². The van der Waals surface area contributed by atoms with Gasteiger partial charge in [0.2, 0.25) is 0 Å². The summed E-state index contributed by atoms with van der Waals surface area (Å²) in [5.41, 5.74) is 3.83. The van der Waals surface area contributed by atoms with Gasteiger partial charge in [-0.25, -0.2) is 4.79 Å². The van der Waals surface area contributed by atoms with E-state index in [1.54, 1.807) is 50.0 Å². The van der Waals surface area contributed by atoms with Crippen LogP contribution in [0.4, 0.5) is 11.4 Å². The zero-order valence-electron chi connectivity index (χ0n) is 18.8. The Morgan fingerprint density at radius 2 is 1.88 bits per heavy atom. The van der Waals surface area contributed by atoms with Crippen molar-refractivity contribution in [2.45, 2.75) is 19.4 Å². The van der Waals surface area contributed by atoms with Crippen molar-refractivity contribution in [3.05, 3.63) is 108 Å². The molecule has 0 radical (unpaired) electrons. The summed E-state index contributed by atoms with van der Waals surface area (Å²) >= 11 is 0. The number of aromatic carboxylic acids is 1. The first-order valence-corrected chi connectivity index (χ1v) is 10.9. The maximum Gasteiger partial charge on any atom is 0.335 e. The van der Waals surface area contributed by atoms with Crippen molar-refractivity contribution in [2.75, 3.05) is 12.0 Å². The van der Waals surface area contributed by atoms with E-state index < -0.39 is 5.97 Å². The molecule has 4 aromatic rings. The zero-order chi connectivity index (χ0) is 23.9. The SMILES string of the molecule is COc1ccc(N(Cc2cccnc2)c2cccc(C(=O)O)c2)c(O)c1CCc1ccccn1. The van der Waals surface area contributed by atoms with Crippen LogP contribution in [0, 0.1) is 0 Å². The van der Waals surface area contributed by atoms with Crippen LogP contribution in [0.15, 0.2) is 85.3 Å². The third-order valence-corrected chi connectivity index (χ3v) is 5.55. The lowest BCUT2D eigenvalue weighted by Crippen LogP contribution is -2.18. The minimum absolute atomic E-state index is 0.0832. The molecule has 0 aliphatic heterocycles. The molecule has 0 unspecified atom stereocenters. The highest BCUT2D eigenvalue weighted by Crippen LogP contribution is 2.41. The summed E-state index contributed by atoms with van der Waals surface area (Å²) in [7, 11) is 1.57. The lowest BCUT2D eigenvalue weighted by atomic mass is 10.0. The molecule has 172 valence electrons. The van der Waals surface area contributed by atoms with Crippen molar-refractivity contribution < 1.29 is 19.7 Å². The van der Waals surface area contributed by atoms with Crippen LogP contribution in [-0.2, 0) is 19.4 Å². The number of carbonyl (C=O) groups is 1. The van der Waals surface area contributed by atoms with E-state index in [-0.39, 0.29) is 11.3 Å². The van der Waals surface area contributed by atoms with Crippen LogP contribution < -0.4 is 9.64 Å². The Morgan fingerprint density at radius 1 is 1.00 bits per heavy atom. The van der Waals surface area contributed by atoms with Crippen molar-refractivity contribution in [1.29, 1.82) is 0 Å². The predicted octanol–water partition coefficient (Wildman–Crippen LogP) is 5.01. The van der Waals surface area contributed by atoms with Gasteiger partial charge in [-0.2, -0.15) is 0 Å². The number of benzene rings is 2. The maximum absolute atomic E-state index is 11.6. The Bertz CT molecular complexity index is 1260. The van der Waals surface area contributed by atoms with E-state index in [1.165, 1.54) is 0 Å². The molecule has 7 heteroatoms. The summed E-state index contributed by atoms with van der Waals surface area (Å²) in [5.74, 6) is -0.351. The lowest BCUT2D eigenvalue weighted by molar-refractivity contribution is 0.0697. The number of nitrogens with zero attached hydrogens (tertiary/aromatic N) is 3. The Balaban J connectivity index is 1.77. The Kier molecular flexibility index (Phi) is 7.03. The number of ether oxygens (including phenoxy) is 1. The molecule has 0 saturated carbocycles. The first-order chi connectivity index (χ1) is 16.6. The van der Waals surface area contributed by atoms with Crippen LogP contribution in [0.25, 0.3) is 0 Å². The highest BCUT2D eigenvalue weighted by Gasteiger charge is 2.21. The molecule has 0 amide bonds. The number of anilines is 2. The fourth-order valence-corrected chi connectivity index (χ4v) is 3.85. The molecular formula is C27H25N3O4. The number of pyridine rings is 2. The lowest BCUT2D eigenvalue weighted by Gasteiger charge is -2.27. The van der Waals surface area contributed by atoms with Gasteiger partial charge in [-0.1, -0.05) is 18.2 Å². The van der Waals surface area contributed by atoms with Crippen LogP contribution in [0.1, 0.15) is 27.2 Å². The fraction of sp³-hybridized carbons (Fsp3) is 0.148. The van der Waals surface area contributed by atoms with Crippen LogP contribution in [0.3, 0.4) is 0 Å². The summed E-state index contributed by atoms with van der Waals surface area (Å²) in [6.07, 6.45) is 6.34. The normalized spacial score (nSPS) is 10.6. The minimum atomic E-state index is -1.02. The van der Waals surface area contributed by atoms with Crippen molar-refractivity contribution in [2.24, 2.45) is 0 Å². The molecule has 2 aromatic carbocycles. The number of hydrogen-bond acceptors (Lipinski definition) is 6. The summed E-state index contributed by atoms with van der Waals surface area (Å²) in [6, 6.07) is 19.8. The van der Waals surface area contributed by atoms with Crippen molar-refractivity contribution in [3.63, 3.8) is 0 Å². The van der Waals surface area contributed by atoms with Gasteiger partial charge in [-0.15, -0.1) is 0 Å². The molecule has 2 heterocycles. The van der Waals surface area contributed by atoms with E-state index in [9.17, 15) is 15.0 Å². The number of phenolic OH excluding ortho intramolecular Hbond substituents is 1. The highest BCUT2D eigenvalue weighted by atomic mass is 16.5.